The molecule has 0 radical (unpaired) electrons. The summed E-state index contributed by atoms with van der Waals surface area (Å²) in [5.41, 5.74) is 0.741. The van der Waals surface area contributed by atoms with Crippen LogP contribution in [0.15, 0.2) is 53.1 Å². The molecule has 25 heavy (non-hydrogen) atoms. The van der Waals surface area contributed by atoms with E-state index in [2.05, 4.69) is 15.5 Å². The van der Waals surface area contributed by atoms with Gasteiger partial charge in [0.15, 0.2) is 0 Å². The maximum atomic E-state index is 13.7. The van der Waals surface area contributed by atoms with Crippen LogP contribution in [0.1, 0.15) is 29.1 Å². The van der Waals surface area contributed by atoms with Crippen LogP contribution in [0.2, 0.25) is 5.02 Å². The molecule has 1 amide bonds. The van der Waals surface area contributed by atoms with Gasteiger partial charge in [-0.15, -0.1) is 0 Å². The second-order valence-electron chi connectivity index (χ2n) is 5.56. The average molecular weight is 360 g/mol. The van der Waals surface area contributed by atoms with Crippen molar-refractivity contribution in [1.29, 1.82) is 0 Å². The number of hydrogen-bond acceptors (Lipinski definition) is 4. The summed E-state index contributed by atoms with van der Waals surface area (Å²) in [6.45, 7) is 2.05. The summed E-state index contributed by atoms with van der Waals surface area (Å²) in [6, 6.07) is 13.3. The van der Waals surface area contributed by atoms with Crippen molar-refractivity contribution in [3.63, 3.8) is 0 Å². The van der Waals surface area contributed by atoms with Crippen LogP contribution in [0.4, 0.5) is 4.39 Å². The summed E-state index contributed by atoms with van der Waals surface area (Å²) < 4.78 is 19.0. The van der Waals surface area contributed by atoms with Crippen molar-refractivity contribution in [3.05, 3.63) is 70.8 Å². The number of carbonyl (C=O) groups excluding carboxylic acids is 1. The topological polar surface area (TPSA) is 68.0 Å². The Hall–Kier alpha value is -2.73. The van der Waals surface area contributed by atoms with Crippen molar-refractivity contribution in [3.8, 4) is 11.4 Å². The smallest absolute Gasteiger partial charge is 0.254 e. The molecular weight excluding hydrogens is 345 g/mol. The van der Waals surface area contributed by atoms with E-state index in [1.54, 1.807) is 0 Å². The van der Waals surface area contributed by atoms with E-state index >= 15 is 0 Å². The lowest BCUT2D eigenvalue weighted by Crippen LogP contribution is -2.28. The van der Waals surface area contributed by atoms with E-state index in [1.807, 2.05) is 37.3 Å². The van der Waals surface area contributed by atoms with Gasteiger partial charge in [-0.05, 0) is 18.2 Å². The number of hydrogen-bond donors (Lipinski definition) is 1. The zero-order chi connectivity index (χ0) is 17.8. The van der Waals surface area contributed by atoms with Gasteiger partial charge in [0.05, 0.1) is 11.5 Å². The summed E-state index contributed by atoms with van der Waals surface area (Å²) in [5, 5.41) is 6.89. The molecule has 1 N–H and O–H groups in total. The van der Waals surface area contributed by atoms with Crippen molar-refractivity contribution in [1.82, 2.24) is 15.5 Å². The number of aromatic nitrogens is 2. The monoisotopic (exact) mass is 359 g/mol. The summed E-state index contributed by atoms with van der Waals surface area (Å²) >= 11 is 5.80. The normalized spacial score (nSPS) is 12.0. The first kappa shape index (κ1) is 17.1. The highest BCUT2D eigenvalue weighted by molar-refractivity contribution is 6.31. The third-order valence-electron chi connectivity index (χ3n) is 3.64. The number of nitrogens with one attached hydrogen (secondary N) is 1. The number of amides is 1. The van der Waals surface area contributed by atoms with Gasteiger partial charge in [0, 0.05) is 17.1 Å². The van der Waals surface area contributed by atoms with Crippen LogP contribution in [0, 0.1) is 5.82 Å². The largest absolute Gasteiger partial charge is 0.351 e. The first-order valence-corrected chi connectivity index (χ1v) is 8.04. The minimum atomic E-state index is -0.626. The minimum absolute atomic E-state index is 0.102. The molecule has 1 unspecified atom stereocenters. The first-order valence-electron chi connectivity index (χ1n) is 7.67. The molecule has 1 aromatic heterocycles. The maximum Gasteiger partial charge on any atom is 0.254 e. The lowest BCUT2D eigenvalue weighted by Gasteiger charge is -2.09. The van der Waals surface area contributed by atoms with Gasteiger partial charge in [-0.3, -0.25) is 4.79 Å². The molecule has 2 aromatic carbocycles. The van der Waals surface area contributed by atoms with Crippen LogP contribution in [0.5, 0.6) is 0 Å². The van der Waals surface area contributed by atoms with Crippen LogP contribution < -0.4 is 5.32 Å². The molecular formula is C18H15ClFN3O2. The molecule has 0 saturated carbocycles. The molecule has 3 aromatic rings. The molecule has 1 heterocycles. The standard InChI is InChI=1S/C18H15ClFN3O2/c1-11(10-21-17(24)14-9-13(19)7-8-15(14)20)18-22-16(23-25-18)12-5-3-2-4-6-12/h2-9,11H,10H2,1H3,(H,21,24). The molecule has 3 rings (SSSR count). The molecule has 0 aliphatic heterocycles. The summed E-state index contributed by atoms with van der Waals surface area (Å²) in [6.07, 6.45) is 0. The Kier molecular flexibility index (Phi) is 5.09. The summed E-state index contributed by atoms with van der Waals surface area (Å²) in [7, 11) is 0. The van der Waals surface area contributed by atoms with E-state index in [4.69, 9.17) is 16.1 Å². The number of carbonyl (C=O) groups is 1. The molecule has 0 saturated heterocycles. The fourth-order valence-electron chi connectivity index (χ4n) is 2.24. The van der Waals surface area contributed by atoms with Gasteiger partial charge in [0.1, 0.15) is 5.82 Å². The minimum Gasteiger partial charge on any atom is -0.351 e. The quantitative estimate of drug-likeness (QED) is 0.745. The highest BCUT2D eigenvalue weighted by Gasteiger charge is 2.18. The van der Waals surface area contributed by atoms with E-state index in [1.165, 1.54) is 12.1 Å². The van der Waals surface area contributed by atoms with Gasteiger partial charge in [-0.25, -0.2) is 4.39 Å². The summed E-state index contributed by atoms with van der Waals surface area (Å²) in [4.78, 5) is 16.4. The van der Waals surface area contributed by atoms with Crippen LogP contribution in [0.25, 0.3) is 11.4 Å². The molecule has 0 aliphatic carbocycles. The van der Waals surface area contributed by atoms with E-state index in [-0.39, 0.29) is 18.0 Å². The van der Waals surface area contributed by atoms with Crippen molar-refractivity contribution in [2.24, 2.45) is 0 Å². The molecule has 1 atom stereocenters. The Morgan fingerprint density at radius 1 is 1.28 bits per heavy atom. The van der Waals surface area contributed by atoms with Crippen LogP contribution in [-0.2, 0) is 0 Å². The zero-order valence-electron chi connectivity index (χ0n) is 13.4. The number of benzene rings is 2. The van der Waals surface area contributed by atoms with Crippen molar-refractivity contribution >= 4 is 17.5 Å². The second-order valence-corrected chi connectivity index (χ2v) is 5.99. The average Bonchev–Trinajstić information content (AvgIpc) is 3.12. The van der Waals surface area contributed by atoms with E-state index < -0.39 is 11.7 Å². The van der Waals surface area contributed by atoms with E-state index in [0.717, 1.165) is 11.6 Å². The molecule has 5 nitrogen and oxygen atoms in total. The van der Waals surface area contributed by atoms with Crippen molar-refractivity contribution < 1.29 is 13.7 Å². The fraction of sp³-hybridized carbons (Fsp3) is 0.167. The van der Waals surface area contributed by atoms with Crippen molar-refractivity contribution in [2.75, 3.05) is 6.54 Å². The van der Waals surface area contributed by atoms with Crippen LogP contribution in [0.3, 0.4) is 0 Å². The third kappa shape index (κ3) is 4.03. The second kappa shape index (κ2) is 7.44. The van der Waals surface area contributed by atoms with Crippen molar-refractivity contribution in [2.45, 2.75) is 12.8 Å². The SMILES string of the molecule is CC(CNC(=O)c1cc(Cl)ccc1F)c1nc(-c2ccccc2)no1. The molecule has 0 aliphatic rings. The Bertz CT molecular complexity index is 883. The molecule has 0 fully saturated rings. The van der Waals surface area contributed by atoms with Gasteiger partial charge in [-0.2, -0.15) is 4.98 Å². The summed E-state index contributed by atoms with van der Waals surface area (Å²) in [5.74, 6) is -0.523. The van der Waals surface area contributed by atoms with Crippen LogP contribution in [-0.4, -0.2) is 22.6 Å². The third-order valence-corrected chi connectivity index (χ3v) is 3.87. The lowest BCUT2D eigenvalue weighted by molar-refractivity contribution is 0.0946. The Balaban J connectivity index is 1.65. The Labute approximate surface area is 148 Å². The highest BCUT2D eigenvalue weighted by atomic mass is 35.5. The predicted molar refractivity (Wildman–Crippen MR) is 91.9 cm³/mol. The fourth-order valence-corrected chi connectivity index (χ4v) is 2.41. The highest BCUT2D eigenvalue weighted by Crippen LogP contribution is 2.19. The van der Waals surface area contributed by atoms with E-state index in [9.17, 15) is 9.18 Å². The predicted octanol–water partition coefficient (Wildman–Crippen LogP) is 4.06. The number of nitrogens with zero attached hydrogens (tertiary/aromatic N) is 2. The lowest BCUT2D eigenvalue weighted by atomic mass is 10.1. The van der Waals surface area contributed by atoms with Gasteiger partial charge < -0.3 is 9.84 Å². The number of halogens is 2. The van der Waals surface area contributed by atoms with Crippen LogP contribution >= 0.6 is 11.6 Å². The Morgan fingerprint density at radius 3 is 2.80 bits per heavy atom. The van der Waals surface area contributed by atoms with Gasteiger partial charge in [-0.1, -0.05) is 54.0 Å². The molecule has 128 valence electrons. The Morgan fingerprint density at radius 2 is 2.04 bits per heavy atom. The first-order chi connectivity index (χ1) is 12.0. The zero-order valence-corrected chi connectivity index (χ0v) is 14.1. The van der Waals surface area contributed by atoms with Gasteiger partial charge in [0.25, 0.3) is 5.91 Å². The van der Waals surface area contributed by atoms with E-state index in [0.29, 0.717) is 16.7 Å². The maximum absolute atomic E-state index is 13.7. The molecule has 0 spiro atoms. The molecule has 7 heteroatoms. The van der Waals surface area contributed by atoms with Gasteiger partial charge >= 0.3 is 0 Å². The number of rotatable bonds is 5. The van der Waals surface area contributed by atoms with Gasteiger partial charge in [0.2, 0.25) is 11.7 Å². The molecule has 0 bridgehead atoms.